The quantitative estimate of drug-likeness (QED) is 0.905. The van der Waals surface area contributed by atoms with Crippen LogP contribution in [0.2, 0.25) is 0 Å². The lowest BCUT2D eigenvalue weighted by atomic mass is 10.2. The van der Waals surface area contributed by atoms with Gasteiger partial charge in [0.25, 0.3) is 0 Å². The minimum absolute atomic E-state index is 0.0998. The van der Waals surface area contributed by atoms with Crippen molar-refractivity contribution in [1.82, 2.24) is 9.55 Å². The number of thiazole rings is 1. The van der Waals surface area contributed by atoms with Gasteiger partial charge in [-0.2, -0.15) is 0 Å². The molecule has 0 saturated heterocycles. The molecule has 0 spiro atoms. The Bertz CT molecular complexity index is 586. The van der Waals surface area contributed by atoms with Crippen LogP contribution < -0.4 is 10.2 Å². The highest BCUT2D eigenvalue weighted by atomic mass is 32.1. The monoisotopic (exact) mass is 249 g/mol. The summed E-state index contributed by atoms with van der Waals surface area (Å²) in [5.74, 6) is 0.820. The molecule has 0 unspecified atom stereocenters. The van der Waals surface area contributed by atoms with Crippen LogP contribution in [0, 0.1) is 13.8 Å². The Labute approximate surface area is 104 Å². The summed E-state index contributed by atoms with van der Waals surface area (Å²) in [7, 11) is 1.83. The molecule has 0 aromatic carbocycles. The molecule has 0 bridgehead atoms. The van der Waals surface area contributed by atoms with Crippen molar-refractivity contribution >= 4 is 17.2 Å². The second-order valence-corrected chi connectivity index (χ2v) is 5.06. The SMILES string of the molecule is CNc1cc(Cn2c(C)c(C)sc2=O)ccn1. The fraction of sp³-hybridized carbons (Fsp3) is 0.333. The number of rotatable bonds is 3. The largest absolute Gasteiger partial charge is 0.373 e. The summed E-state index contributed by atoms with van der Waals surface area (Å²) in [5.41, 5.74) is 2.12. The average Bonchev–Trinajstić information content (AvgIpc) is 2.56. The minimum Gasteiger partial charge on any atom is -0.373 e. The lowest BCUT2D eigenvalue weighted by Crippen LogP contribution is -2.15. The first kappa shape index (κ1) is 11.9. The van der Waals surface area contributed by atoms with Gasteiger partial charge in [0.05, 0.1) is 6.54 Å². The number of aryl methyl sites for hydroxylation is 1. The lowest BCUT2D eigenvalue weighted by Gasteiger charge is -2.06. The van der Waals surface area contributed by atoms with Crippen molar-refractivity contribution in [2.45, 2.75) is 20.4 Å². The van der Waals surface area contributed by atoms with Gasteiger partial charge < -0.3 is 5.32 Å². The van der Waals surface area contributed by atoms with Crippen LogP contribution in [0.3, 0.4) is 0 Å². The first-order valence-corrected chi connectivity index (χ1v) is 6.23. The van der Waals surface area contributed by atoms with Gasteiger partial charge in [0.1, 0.15) is 5.82 Å². The van der Waals surface area contributed by atoms with E-state index in [4.69, 9.17) is 0 Å². The first-order chi connectivity index (χ1) is 8.11. The van der Waals surface area contributed by atoms with Gasteiger partial charge in [0.2, 0.25) is 0 Å². The molecular weight excluding hydrogens is 234 g/mol. The maximum atomic E-state index is 11.8. The van der Waals surface area contributed by atoms with E-state index in [1.165, 1.54) is 11.3 Å². The van der Waals surface area contributed by atoms with Crippen LogP contribution in [0.15, 0.2) is 23.1 Å². The second kappa shape index (κ2) is 4.71. The molecule has 5 heteroatoms. The molecule has 0 atom stereocenters. The van der Waals surface area contributed by atoms with Gasteiger partial charge in [-0.15, -0.1) is 0 Å². The summed E-state index contributed by atoms with van der Waals surface area (Å²) in [6.45, 7) is 4.56. The molecule has 90 valence electrons. The highest BCUT2D eigenvalue weighted by Crippen LogP contribution is 2.13. The molecule has 2 rings (SSSR count). The van der Waals surface area contributed by atoms with Crippen molar-refractivity contribution in [3.63, 3.8) is 0 Å². The molecule has 0 radical (unpaired) electrons. The summed E-state index contributed by atoms with van der Waals surface area (Å²) in [6, 6.07) is 3.89. The molecule has 17 heavy (non-hydrogen) atoms. The third-order valence-corrected chi connectivity index (χ3v) is 3.79. The molecule has 0 aliphatic rings. The number of aromatic nitrogens is 2. The van der Waals surface area contributed by atoms with Gasteiger partial charge in [-0.1, -0.05) is 11.3 Å². The number of nitrogens with one attached hydrogen (secondary N) is 1. The van der Waals surface area contributed by atoms with Crippen LogP contribution in [0.5, 0.6) is 0 Å². The van der Waals surface area contributed by atoms with Gasteiger partial charge in [-0.3, -0.25) is 9.36 Å². The molecule has 0 aliphatic heterocycles. The zero-order valence-corrected chi connectivity index (χ0v) is 11.0. The Kier molecular flexibility index (Phi) is 3.28. The number of hydrogen-bond acceptors (Lipinski definition) is 4. The molecular formula is C12H15N3OS. The van der Waals surface area contributed by atoms with Crippen LogP contribution in [0.4, 0.5) is 5.82 Å². The normalized spacial score (nSPS) is 10.5. The van der Waals surface area contributed by atoms with E-state index in [2.05, 4.69) is 10.3 Å². The summed E-state index contributed by atoms with van der Waals surface area (Å²) in [6.07, 6.45) is 1.75. The molecule has 0 saturated carbocycles. The van der Waals surface area contributed by atoms with Gasteiger partial charge >= 0.3 is 4.87 Å². The Morgan fingerprint density at radius 2 is 2.24 bits per heavy atom. The van der Waals surface area contributed by atoms with Crippen molar-refractivity contribution < 1.29 is 0 Å². The van der Waals surface area contributed by atoms with Crippen LogP contribution in [-0.4, -0.2) is 16.6 Å². The molecule has 0 fully saturated rings. The van der Waals surface area contributed by atoms with Gasteiger partial charge in [-0.05, 0) is 31.5 Å². The van der Waals surface area contributed by atoms with Crippen LogP contribution >= 0.6 is 11.3 Å². The van der Waals surface area contributed by atoms with Crippen molar-refractivity contribution in [3.8, 4) is 0 Å². The molecule has 1 N–H and O–H groups in total. The predicted octanol–water partition coefficient (Wildman–Crippen LogP) is 2.01. The second-order valence-electron chi connectivity index (χ2n) is 3.90. The zero-order chi connectivity index (χ0) is 12.4. The smallest absolute Gasteiger partial charge is 0.307 e. The van der Waals surface area contributed by atoms with E-state index in [1.807, 2.05) is 33.0 Å². The highest BCUT2D eigenvalue weighted by molar-refractivity contribution is 7.09. The topological polar surface area (TPSA) is 46.9 Å². The molecule has 2 heterocycles. The average molecular weight is 249 g/mol. The number of hydrogen-bond donors (Lipinski definition) is 1. The van der Waals surface area contributed by atoms with Crippen molar-refractivity contribution in [2.24, 2.45) is 0 Å². The van der Waals surface area contributed by atoms with E-state index in [0.717, 1.165) is 22.0 Å². The number of anilines is 1. The van der Waals surface area contributed by atoms with Crippen molar-refractivity contribution in [2.75, 3.05) is 12.4 Å². The maximum absolute atomic E-state index is 11.8. The maximum Gasteiger partial charge on any atom is 0.307 e. The van der Waals surface area contributed by atoms with Gasteiger partial charge in [0, 0.05) is 23.8 Å². The Balaban J connectivity index is 2.34. The summed E-state index contributed by atoms with van der Waals surface area (Å²) in [5, 5.41) is 2.99. The fourth-order valence-electron chi connectivity index (χ4n) is 1.66. The first-order valence-electron chi connectivity index (χ1n) is 5.41. The Hall–Kier alpha value is -1.62. The van der Waals surface area contributed by atoms with E-state index in [9.17, 15) is 4.79 Å². The summed E-state index contributed by atoms with van der Waals surface area (Å²) < 4.78 is 1.80. The number of nitrogens with zero attached hydrogens (tertiary/aromatic N) is 2. The highest BCUT2D eigenvalue weighted by Gasteiger charge is 2.08. The number of pyridine rings is 1. The standard InChI is InChI=1S/C12H15N3OS/c1-8-9(2)17-12(16)15(8)7-10-4-5-14-11(6-10)13-3/h4-6H,7H2,1-3H3,(H,13,14). The van der Waals surface area contributed by atoms with Crippen LogP contribution in [0.1, 0.15) is 16.1 Å². The van der Waals surface area contributed by atoms with E-state index >= 15 is 0 Å². The van der Waals surface area contributed by atoms with Crippen molar-refractivity contribution in [1.29, 1.82) is 0 Å². The minimum atomic E-state index is 0.0998. The molecule has 0 amide bonds. The predicted molar refractivity (Wildman–Crippen MR) is 70.9 cm³/mol. The van der Waals surface area contributed by atoms with Gasteiger partial charge in [-0.25, -0.2) is 4.98 Å². The van der Waals surface area contributed by atoms with E-state index < -0.39 is 0 Å². The van der Waals surface area contributed by atoms with E-state index in [0.29, 0.717) is 6.54 Å². The lowest BCUT2D eigenvalue weighted by molar-refractivity contribution is 0.750. The molecule has 4 nitrogen and oxygen atoms in total. The molecule has 0 aliphatic carbocycles. The summed E-state index contributed by atoms with van der Waals surface area (Å²) in [4.78, 5) is 17.1. The van der Waals surface area contributed by atoms with E-state index in [-0.39, 0.29) is 4.87 Å². The third kappa shape index (κ3) is 2.39. The zero-order valence-electron chi connectivity index (χ0n) is 10.2. The molecule has 2 aromatic heterocycles. The molecule has 2 aromatic rings. The Morgan fingerprint density at radius 3 is 2.82 bits per heavy atom. The van der Waals surface area contributed by atoms with Crippen molar-refractivity contribution in [3.05, 3.63) is 44.1 Å². The van der Waals surface area contributed by atoms with Gasteiger partial charge in [0.15, 0.2) is 0 Å². The Morgan fingerprint density at radius 1 is 1.47 bits per heavy atom. The van der Waals surface area contributed by atoms with Crippen LogP contribution in [0.25, 0.3) is 0 Å². The third-order valence-electron chi connectivity index (χ3n) is 2.80. The van der Waals surface area contributed by atoms with E-state index in [1.54, 1.807) is 10.8 Å². The summed E-state index contributed by atoms with van der Waals surface area (Å²) >= 11 is 1.30. The fourth-order valence-corrected chi connectivity index (χ4v) is 2.49. The van der Waals surface area contributed by atoms with Crippen LogP contribution in [-0.2, 0) is 6.54 Å².